The van der Waals surface area contributed by atoms with Crippen molar-refractivity contribution in [3.8, 4) is 0 Å². The Kier molecular flexibility index (Phi) is 4.35. The van der Waals surface area contributed by atoms with Crippen molar-refractivity contribution < 1.29 is 4.79 Å². The van der Waals surface area contributed by atoms with Gasteiger partial charge < -0.3 is 4.90 Å². The molecule has 5 rings (SSSR count). The van der Waals surface area contributed by atoms with Crippen LogP contribution in [0.15, 0.2) is 59.5 Å². The number of aryl methyl sites for hydroxylation is 1. The largest absolute Gasteiger partial charge is 0.340 e. The van der Waals surface area contributed by atoms with E-state index in [1.165, 1.54) is 0 Å². The molecule has 146 valence electrons. The Labute approximate surface area is 167 Å². The molecule has 0 saturated heterocycles. The molecule has 0 aliphatic carbocycles. The van der Waals surface area contributed by atoms with E-state index in [0.717, 1.165) is 16.7 Å². The minimum Gasteiger partial charge on any atom is -0.340 e. The van der Waals surface area contributed by atoms with E-state index >= 15 is 0 Å². The number of carbonyl (C=O) groups is 1. The van der Waals surface area contributed by atoms with Crippen LogP contribution in [0.4, 0.5) is 0 Å². The standard InChI is InChI=1S/C22H21N5O2/c28-21(10-12-27-19-8-4-1-5-16(19)15-23-27)25-11-9-20-24-18-7-3-2-6-17(18)22(29)26(20)14-13-25/h1-8,15H,9-14H2. The second-order valence-corrected chi connectivity index (χ2v) is 7.31. The van der Waals surface area contributed by atoms with Crippen molar-refractivity contribution in [1.82, 2.24) is 24.2 Å². The van der Waals surface area contributed by atoms with E-state index in [1.54, 1.807) is 10.6 Å². The van der Waals surface area contributed by atoms with Crippen LogP contribution < -0.4 is 5.56 Å². The molecular formula is C22H21N5O2. The topological polar surface area (TPSA) is 73.0 Å². The van der Waals surface area contributed by atoms with Crippen molar-refractivity contribution in [2.45, 2.75) is 25.9 Å². The molecule has 0 saturated carbocycles. The molecule has 0 bridgehead atoms. The highest BCUT2D eigenvalue weighted by molar-refractivity contribution is 5.79. The zero-order valence-corrected chi connectivity index (χ0v) is 16.0. The van der Waals surface area contributed by atoms with Gasteiger partial charge in [-0.05, 0) is 18.2 Å². The van der Waals surface area contributed by atoms with Crippen molar-refractivity contribution in [3.63, 3.8) is 0 Å². The molecule has 0 atom stereocenters. The van der Waals surface area contributed by atoms with E-state index in [0.29, 0.717) is 49.9 Å². The van der Waals surface area contributed by atoms with Gasteiger partial charge >= 0.3 is 0 Å². The molecule has 1 aliphatic heterocycles. The monoisotopic (exact) mass is 387 g/mol. The van der Waals surface area contributed by atoms with Crippen LogP contribution in [0.3, 0.4) is 0 Å². The fourth-order valence-electron chi connectivity index (χ4n) is 4.02. The van der Waals surface area contributed by atoms with Crippen molar-refractivity contribution in [3.05, 3.63) is 70.9 Å². The predicted octanol–water partition coefficient (Wildman–Crippen LogP) is 2.22. The van der Waals surface area contributed by atoms with Gasteiger partial charge in [-0.1, -0.05) is 30.3 Å². The number of aromatic nitrogens is 4. The van der Waals surface area contributed by atoms with Gasteiger partial charge in [-0.3, -0.25) is 18.8 Å². The van der Waals surface area contributed by atoms with E-state index in [9.17, 15) is 9.59 Å². The summed E-state index contributed by atoms with van der Waals surface area (Å²) in [4.78, 5) is 32.1. The minimum absolute atomic E-state index is 0.0251. The van der Waals surface area contributed by atoms with E-state index in [-0.39, 0.29) is 11.5 Å². The summed E-state index contributed by atoms with van der Waals surface area (Å²) in [5.74, 6) is 0.831. The zero-order valence-electron chi connectivity index (χ0n) is 16.0. The highest BCUT2D eigenvalue weighted by Gasteiger charge is 2.21. The van der Waals surface area contributed by atoms with Crippen LogP contribution in [0.2, 0.25) is 0 Å². The number of benzene rings is 2. The summed E-state index contributed by atoms with van der Waals surface area (Å²) in [5, 5.41) is 6.10. The highest BCUT2D eigenvalue weighted by atomic mass is 16.2. The van der Waals surface area contributed by atoms with Crippen LogP contribution in [0, 0.1) is 0 Å². The van der Waals surface area contributed by atoms with Gasteiger partial charge in [0.25, 0.3) is 5.56 Å². The maximum Gasteiger partial charge on any atom is 0.261 e. The number of carbonyl (C=O) groups excluding carboxylic acids is 1. The van der Waals surface area contributed by atoms with Gasteiger partial charge in [0.2, 0.25) is 5.91 Å². The van der Waals surface area contributed by atoms with Crippen LogP contribution in [-0.2, 0) is 24.3 Å². The molecule has 1 aliphatic rings. The molecule has 29 heavy (non-hydrogen) atoms. The summed E-state index contributed by atoms with van der Waals surface area (Å²) in [5.41, 5.74) is 1.73. The maximum atomic E-state index is 12.8. The third-order valence-electron chi connectivity index (χ3n) is 5.58. The Morgan fingerprint density at radius 3 is 2.76 bits per heavy atom. The fourth-order valence-corrected chi connectivity index (χ4v) is 4.02. The summed E-state index contributed by atoms with van der Waals surface area (Å²) in [6.07, 6.45) is 2.79. The molecule has 0 N–H and O–H groups in total. The van der Waals surface area contributed by atoms with Crippen LogP contribution in [-0.4, -0.2) is 43.2 Å². The van der Waals surface area contributed by atoms with E-state index in [4.69, 9.17) is 0 Å². The van der Waals surface area contributed by atoms with Gasteiger partial charge in [0.15, 0.2) is 0 Å². The zero-order chi connectivity index (χ0) is 19.8. The van der Waals surface area contributed by atoms with Crippen molar-refractivity contribution in [2.24, 2.45) is 0 Å². The molecule has 0 radical (unpaired) electrons. The number of amides is 1. The second kappa shape index (κ2) is 7.16. The van der Waals surface area contributed by atoms with Crippen LogP contribution in [0.5, 0.6) is 0 Å². The number of hydrogen-bond acceptors (Lipinski definition) is 4. The first-order valence-electron chi connectivity index (χ1n) is 9.87. The smallest absolute Gasteiger partial charge is 0.261 e. The van der Waals surface area contributed by atoms with Crippen molar-refractivity contribution in [1.29, 1.82) is 0 Å². The maximum absolute atomic E-state index is 12.8. The summed E-state index contributed by atoms with van der Waals surface area (Å²) in [6.45, 7) is 2.11. The number of fused-ring (bicyclic) bond motifs is 3. The van der Waals surface area contributed by atoms with Gasteiger partial charge in [-0.2, -0.15) is 5.10 Å². The van der Waals surface area contributed by atoms with Gasteiger partial charge in [-0.25, -0.2) is 4.98 Å². The second-order valence-electron chi connectivity index (χ2n) is 7.31. The van der Waals surface area contributed by atoms with Crippen LogP contribution in [0.1, 0.15) is 12.2 Å². The molecule has 4 aromatic rings. The molecule has 7 heteroatoms. The Balaban J connectivity index is 1.31. The lowest BCUT2D eigenvalue weighted by Gasteiger charge is -2.20. The molecule has 0 unspecified atom stereocenters. The highest BCUT2D eigenvalue weighted by Crippen LogP contribution is 2.15. The SMILES string of the molecule is O=C(CCn1ncc2ccccc21)N1CCc2nc3ccccc3c(=O)n2CC1. The molecule has 1 amide bonds. The number of rotatable bonds is 3. The van der Waals surface area contributed by atoms with Gasteiger partial charge in [0, 0.05) is 37.9 Å². The normalized spacial score (nSPS) is 14.1. The van der Waals surface area contributed by atoms with Crippen LogP contribution in [0.25, 0.3) is 21.8 Å². The first-order valence-corrected chi connectivity index (χ1v) is 9.87. The summed E-state index contributed by atoms with van der Waals surface area (Å²) < 4.78 is 3.59. The number of para-hydroxylation sites is 2. The van der Waals surface area contributed by atoms with E-state index in [1.807, 2.05) is 58.2 Å². The Hall–Kier alpha value is -3.48. The van der Waals surface area contributed by atoms with Crippen molar-refractivity contribution >= 4 is 27.7 Å². The lowest BCUT2D eigenvalue weighted by molar-refractivity contribution is -0.131. The Morgan fingerprint density at radius 1 is 1.00 bits per heavy atom. The van der Waals surface area contributed by atoms with Crippen LogP contribution >= 0.6 is 0 Å². The average Bonchev–Trinajstić information content (AvgIpc) is 3.04. The lowest BCUT2D eigenvalue weighted by atomic mass is 10.2. The molecular weight excluding hydrogens is 366 g/mol. The molecule has 2 aromatic carbocycles. The minimum atomic E-state index is -0.0251. The van der Waals surface area contributed by atoms with Crippen molar-refractivity contribution in [2.75, 3.05) is 13.1 Å². The molecule has 7 nitrogen and oxygen atoms in total. The van der Waals surface area contributed by atoms with Gasteiger partial charge in [0.1, 0.15) is 5.82 Å². The Morgan fingerprint density at radius 2 is 1.83 bits per heavy atom. The molecule has 3 heterocycles. The van der Waals surface area contributed by atoms with Gasteiger partial charge in [-0.15, -0.1) is 0 Å². The average molecular weight is 387 g/mol. The molecule has 0 spiro atoms. The third-order valence-corrected chi connectivity index (χ3v) is 5.58. The quantitative estimate of drug-likeness (QED) is 0.540. The van der Waals surface area contributed by atoms with E-state index in [2.05, 4.69) is 10.1 Å². The molecule has 2 aromatic heterocycles. The van der Waals surface area contributed by atoms with E-state index < -0.39 is 0 Å². The lowest BCUT2D eigenvalue weighted by Crippen LogP contribution is -2.34. The fraction of sp³-hybridized carbons (Fsp3) is 0.273. The Bertz CT molecular complexity index is 1270. The predicted molar refractivity (Wildman–Crippen MR) is 111 cm³/mol. The third kappa shape index (κ3) is 3.18. The first-order chi connectivity index (χ1) is 14.2. The summed E-state index contributed by atoms with van der Waals surface area (Å²) in [6, 6.07) is 15.4. The number of nitrogens with zero attached hydrogens (tertiary/aromatic N) is 5. The first kappa shape index (κ1) is 17.6. The number of hydrogen-bond donors (Lipinski definition) is 0. The van der Waals surface area contributed by atoms with Gasteiger partial charge in [0.05, 0.1) is 29.2 Å². The summed E-state index contributed by atoms with van der Waals surface area (Å²) >= 11 is 0. The molecule has 0 fully saturated rings. The summed E-state index contributed by atoms with van der Waals surface area (Å²) in [7, 11) is 0.